The van der Waals surface area contributed by atoms with E-state index in [9.17, 15) is 0 Å². The number of para-hydroxylation sites is 3. The number of hydrogen-bond donors (Lipinski definition) is 0. The van der Waals surface area contributed by atoms with Crippen LogP contribution in [0.4, 0.5) is 0 Å². The summed E-state index contributed by atoms with van der Waals surface area (Å²) in [4.78, 5) is 10.3. The fourth-order valence-corrected chi connectivity index (χ4v) is 8.19. The second-order valence-electron chi connectivity index (χ2n) is 13.4. The molecule has 4 heteroatoms. The molecule has 0 bridgehead atoms. The Morgan fingerprint density at radius 3 is 1.87 bits per heavy atom. The topological polar surface area (TPSA) is 35.6 Å². The van der Waals surface area contributed by atoms with E-state index in [0.29, 0.717) is 5.82 Å². The van der Waals surface area contributed by atoms with Gasteiger partial charge in [-0.3, -0.25) is 0 Å². The van der Waals surface area contributed by atoms with Crippen molar-refractivity contribution < 1.29 is 0 Å². The van der Waals surface area contributed by atoms with Gasteiger partial charge in [-0.25, -0.2) is 9.97 Å². The molecular formula is C48H30N4. The minimum atomic E-state index is 0.706. The Morgan fingerprint density at radius 2 is 1.00 bits per heavy atom. The quantitative estimate of drug-likeness (QED) is 0.188. The predicted molar refractivity (Wildman–Crippen MR) is 217 cm³/mol. The maximum atomic E-state index is 5.22. The van der Waals surface area contributed by atoms with Crippen molar-refractivity contribution in [1.82, 2.24) is 19.1 Å². The lowest BCUT2D eigenvalue weighted by Crippen LogP contribution is -1.98. The summed E-state index contributed by atoms with van der Waals surface area (Å²) >= 11 is 0. The molecule has 0 amide bonds. The Labute approximate surface area is 299 Å². The molecule has 0 fully saturated rings. The van der Waals surface area contributed by atoms with Crippen LogP contribution in [0.25, 0.3) is 99.3 Å². The van der Waals surface area contributed by atoms with Gasteiger partial charge >= 0.3 is 0 Å². The van der Waals surface area contributed by atoms with E-state index in [0.717, 1.165) is 44.6 Å². The maximum absolute atomic E-state index is 5.22. The minimum absolute atomic E-state index is 0.706. The molecule has 8 aromatic carbocycles. The van der Waals surface area contributed by atoms with Crippen LogP contribution in [0, 0.1) is 0 Å². The van der Waals surface area contributed by atoms with E-state index in [4.69, 9.17) is 9.97 Å². The van der Waals surface area contributed by atoms with E-state index in [1.807, 2.05) is 12.1 Å². The number of fused-ring (bicyclic) bond motifs is 9. The van der Waals surface area contributed by atoms with Gasteiger partial charge in [-0.2, -0.15) is 0 Å². The van der Waals surface area contributed by atoms with E-state index in [-0.39, 0.29) is 0 Å². The smallest absolute Gasteiger partial charge is 0.160 e. The normalized spacial score (nSPS) is 11.8. The van der Waals surface area contributed by atoms with Crippen molar-refractivity contribution in [3.8, 4) is 34.0 Å². The van der Waals surface area contributed by atoms with E-state index < -0.39 is 0 Å². The highest BCUT2D eigenvalue weighted by atomic mass is 15.0. The number of aromatic nitrogens is 4. The molecule has 0 aliphatic carbocycles. The predicted octanol–water partition coefficient (Wildman–Crippen LogP) is 12.3. The first kappa shape index (κ1) is 28.8. The van der Waals surface area contributed by atoms with Crippen molar-refractivity contribution in [3.05, 3.63) is 182 Å². The van der Waals surface area contributed by atoms with Crippen LogP contribution in [-0.4, -0.2) is 19.1 Å². The zero-order valence-corrected chi connectivity index (χ0v) is 28.1. The Balaban J connectivity index is 1.22. The molecule has 242 valence electrons. The van der Waals surface area contributed by atoms with Crippen LogP contribution >= 0.6 is 0 Å². The average Bonchev–Trinajstić information content (AvgIpc) is 3.72. The standard InChI is InChI=1S/C48H30N4/c1-3-15-32(16-4-1)47-38-23-9-11-24-41(38)49-48(50-47)33-17-13-20-35(28-33)52-43-27-26-31-14-7-8-21-36(31)46(43)40-29-39-37-22-10-12-25-42(37)51(44(39)30-45(40)52)34-18-5-2-6-19-34/h1-30H. The maximum Gasteiger partial charge on any atom is 0.160 e. The lowest BCUT2D eigenvalue weighted by Gasteiger charge is -2.12. The van der Waals surface area contributed by atoms with E-state index in [1.54, 1.807) is 0 Å². The third-order valence-electron chi connectivity index (χ3n) is 10.5. The van der Waals surface area contributed by atoms with Gasteiger partial charge in [-0.1, -0.05) is 127 Å². The van der Waals surface area contributed by atoms with Gasteiger partial charge in [0.25, 0.3) is 0 Å². The van der Waals surface area contributed by atoms with Crippen LogP contribution in [0.5, 0.6) is 0 Å². The summed E-state index contributed by atoms with van der Waals surface area (Å²) in [7, 11) is 0. The Morgan fingerprint density at radius 1 is 0.346 bits per heavy atom. The molecule has 11 aromatic rings. The van der Waals surface area contributed by atoms with Gasteiger partial charge in [0.05, 0.1) is 33.3 Å². The summed E-state index contributed by atoms with van der Waals surface area (Å²) in [5.74, 6) is 0.706. The molecule has 0 spiro atoms. The molecule has 0 saturated heterocycles. The molecule has 0 atom stereocenters. The molecule has 0 aliphatic heterocycles. The summed E-state index contributed by atoms with van der Waals surface area (Å²) in [6.07, 6.45) is 0. The van der Waals surface area contributed by atoms with Crippen molar-refractivity contribution in [2.24, 2.45) is 0 Å². The largest absolute Gasteiger partial charge is 0.309 e. The lowest BCUT2D eigenvalue weighted by atomic mass is 10.0. The molecule has 3 heterocycles. The Kier molecular flexibility index (Phi) is 6.22. The SMILES string of the molecule is c1ccc(-c2nc(-c3cccc(-n4c5cc6c(cc5c5c7ccccc7ccc54)c4ccccc4n6-c4ccccc4)c3)nc3ccccc23)cc1. The fourth-order valence-electron chi connectivity index (χ4n) is 8.19. The summed E-state index contributed by atoms with van der Waals surface area (Å²) < 4.78 is 4.82. The van der Waals surface area contributed by atoms with Crippen LogP contribution in [0.3, 0.4) is 0 Å². The van der Waals surface area contributed by atoms with Gasteiger partial charge in [0.2, 0.25) is 0 Å². The Hall–Kier alpha value is -7.04. The average molecular weight is 663 g/mol. The molecule has 52 heavy (non-hydrogen) atoms. The van der Waals surface area contributed by atoms with E-state index in [2.05, 4.69) is 179 Å². The van der Waals surface area contributed by atoms with Crippen molar-refractivity contribution in [2.75, 3.05) is 0 Å². The molecule has 3 aromatic heterocycles. The number of hydrogen-bond acceptors (Lipinski definition) is 2. The van der Waals surface area contributed by atoms with E-state index in [1.165, 1.54) is 48.9 Å². The van der Waals surface area contributed by atoms with Gasteiger partial charge in [0.15, 0.2) is 5.82 Å². The summed E-state index contributed by atoms with van der Waals surface area (Å²) in [5, 5.41) is 8.49. The van der Waals surface area contributed by atoms with Gasteiger partial charge in [0.1, 0.15) is 0 Å². The zero-order valence-electron chi connectivity index (χ0n) is 28.1. The molecule has 0 aliphatic rings. The minimum Gasteiger partial charge on any atom is -0.309 e. The highest BCUT2D eigenvalue weighted by Crippen LogP contribution is 2.42. The third kappa shape index (κ3) is 4.28. The van der Waals surface area contributed by atoms with Crippen molar-refractivity contribution in [1.29, 1.82) is 0 Å². The molecule has 11 rings (SSSR count). The van der Waals surface area contributed by atoms with Gasteiger partial charge in [0, 0.05) is 49.4 Å². The van der Waals surface area contributed by atoms with Crippen LogP contribution < -0.4 is 0 Å². The van der Waals surface area contributed by atoms with Crippen molar-refractivity contribution >= 4 is 65.3 Å². The summed E-state index contributed by atoms with van der Waals surface area (Å²) in [6.45, 7) is 0. The summed E-state index contributed by atoms with van der Waals surface area (Å²) in [6, 6.07) is 64.9. The zero-order chi connectivity index (χ0) is 34.2. The highest BCUT2D eigenvalue weighted by Gasteiger charge is 2.20. The molecule has 0 N–H and O–H groups in total. The van der Waals surface area contributed by atoms with Crippen molar-refractivity contribution in [2.45, 2.75) is 0 Å². The van der Waals surface area contributed by atoms with Crippen LogP contribution in [-0.2, 0) is 0 Å². The number of nitrogens with zero attached hydrogens (tertiary/aromatic N) is 4. The molecule has 0 saturated carbocycles. The monoisotopic (exact) mass is 662 g/mol. The fraction of sp³-hybridized carbons (Fsp3) is 0. The molecular weight excluding hydrogens is 633 g/mol. The third-order valence-corrected chi connectivity index (χ3v) is 10.5. The van der Waals surface area contributed by atoms with Gasteiger partial charge < -0.3 is 9.13 Å². The first-order valence-electron chi connectivity index (χ1n) is 17.7. The highest BCUT2D eigenvalue weighted by molar-refractivity contribution is 6.25. The first-order chi connectivity index (χ1) is 25.8. The summed E-state index contributed by atoms with van der Waals surface area (Å²) in [5.41, 5.74) is 10.8. The molecule has 0 unspecified atom stereocenters. The van der Waals surface area contributed by atoms with E-state index >= 15 is 0 Å². The van der Waals surface area contributed by atoms with Crippen molar-refractivity contribution in [3.63, 3.8) is 0 Å². The molecule has 4 nitrogen and oxygen atoms in total. The lowest BCUT2D eigenvalue weighted by molar-refractivity contribution is 1.16. The van der Waals surface area contributed by atoms with Crippen LogP contribution in [0.2, 0.25) is 0 Å². The van der Waals surface area contributed by atoms with Gasteiger partial charge in [-0.05, 0) is 65.4 Å². The second-order valence-corrected chi connectivity index (χ2v) is 13.4. The molecule has 0 radical (unpaired) electrons. The first-order valence-corrected chi connectivity index (χ1v) is 17.7. The number of rotatable bonds is 4. The number of benzene rings is 8. The van der Waals surface area contributed by atoms with Crippen LogP contribution in [0.15, 0.2) is 182 Å². The Bertz CT molecular complexity index is 3170. The van der Waals surface area contributed by atoms with Gasteiger partial charge in [-0.15, -0.1) is 0 Å². The van der Waals surface area contributed by atoms with Crippen LogP contribution in [0.1, 0.15) is 0 Å². The second kappa shape index (κ2) is 11.2.